The molecule has 0 fully saturated rings. The summed E-state index contributed by atoms with van der Waals surface area (Å²) in [7, 11) is 0. The van der Waals surface area contributed by atoms with E-state index in [1.807, 2.05) is 6.92 Å². The zero-order valence-corrected chi connectivity index (χ0v) is 10.6. The van der Waals surface area contributed by atoms with Gasteiger partial charge >= 0.3 is 0 Å². The van der Waals surface area contributed by atoms with Gasteiger partial charge in [-0.25, -0.2) is 0 Å². The van der Waals surface area contributed by atoms with E-state index in [0.717, 1.165) is 12.8 Å². The van der Waals surface area contributed by atoms with Crippen LogP contribution in [-0.2, 0) is 0 Å². The van der Waals surface area contributed by atoms with Crippen LogP contribution in [0.2, 0.25) is 0 Å². The molecule has 0 saturated carbocycles. The Labute approximate surface area is 93.0 Å². The fourth-order valence-electron chi connectivity index (χ4n) is 1.27. The summed E-state index contributed by atoms with van der Waals surface area (Å²) >= 11 is 12.5. The minimum Gasteiger partial charge on any atom is -0.121 e. The van der Waals surface area contributed by atoms with Crippen molar-refractivity contribution in [3.05, 3.63) is 0 Å². The molecule has 0 amide bonds. The second kappa shape index (κ2) is 6.95. The Morgan fingerprint density at radius 2 is 1.77 bits per heavy atom. The summed E-state index contributed by atoms with van der Waals surface area (Å²) in [6, 6.07) is 0. The molecule has 2 heteroatoms. The fraction of sp³-hybridized carbons (Fsp3) is 1.00. The second-order valence-corrected chi connectivity index (χ2v) is 5.34. The van der Waals surface area contributed by atoms with Crippen LogP contribution in [0.5, 0.6) is 0 Å². The number of hydrogen-bond acceptors (Lipinski definition) is 0. The van der Waals surface area contributed by atoms with E-state index in [2.05, 4.69) is 13.8 Å². The van der Waals surface area contributed by atoms with Crippen LogP contribution in [0.25, 0.3) is 0 Å². The number of alkyl halides is 2. The number of rotatable bonds is 7. The van der Waals surface area contributed by atoms with Crippen LogP contribution >= 0.6 is 23.2 Å². The molecule has 0 aliphatic carbocycles. The van der Waals surface area contributed by atoms with Gasteiger partial charge in [0.15, 0.2) is 0 Å². The third-order valence-electron chi connectivity index (χ3n) is 2.66. The molecular formula is C11H22Cl2. The maximum Gasteiger partial charge on any atom is 0.0579 e. The van der Waals surface area contributed by atoms with Crippen molar-refractivity contribution in [3.63, 3.8) is 0 Å². The summed E-state index contributed by atoms with van der Waals surface area (Å²) in [6.45, 7) is 6.34. The number of unbranched alkanes of at least 4 members (excludes halogenated alkanes) is 3. The lowest BCUT2D eigenvalue weighted by atomic mass is 9.98. The maximum absolute atomic E-state index is 6.25. The molecule has 0 aromatic carbocycles. The van der Waals surface area contributed by atoms with E-state index in [-0.39, 0.29) is 10.3 Å². The molecule has 0 nitrogen and oxygen atoms in total. The molecule has 2 atom stereocenters. The predicted molar refractivity (Wildman–Crippen MR) is 62.9 cm³/mol. The average molecular weight is 225 g/mol. The Hall–Kier alpha value is 0.580. The molecule has 0 heterocycles. The van der Waals surface area contributed by atoms with Crippen molar-refractivity contribution < 1.29 is 0 Å². The van der Waals surface area contributed by atoms with Gasteiger partial charge in [-0.15, -0.1) is 23.2 Å². The molecule has 0 rings (SSSR count). The quantitative estimate of drug-likeness (QED) is 0.423. The summed E-state index contributed by atoms with van der Waals surface area (Å²) in [4.78, 5) is -0.215. The third-order valence-corrected chi connectivity index (χ3v) is 4.00. The molecule has 0 aliphatic rings. The molecule has 0 spiro atoms. The SMILES string of the molecule is CCCCCCC(Cl)C(C)(Cl)CC. The van der Waals surface area contributed by atoms with Gasteiger partial charge in [-0.05, 0) is 19.8 Å². The Bertz CT molecular complexity index is 121. The number of halogens is 2. The fourth-order valence-corrected chi connectivity index (χ4v) is 1.69. The predicted octanol–water partition coefficient (Wildman–Crippen LogP) is 4.97. The summed E-state index contributed by atoms with van der Waals surface area (Å²) in [5.41, 5.74) is 0. The van der Waals surface area contributed by atoms with Gasteiger partial charge in [0.1, 0.15) is 0 Å². The van der Waals surface area contributed by atoms with Gasteiger partial charge in [-0.2, -0.15) is 0 Å². The first-order valence-corrected chi connectivity index (χ1v) is 6.19. The van der Waals surface area contributed by atoms with Crippen LogP contribution in [0, 0.1) is 0 Å². The van der Waals surface area contributed by atoms with Gasteiger partial charge in [-0.3, -0.25) is 0 Å². The van der Waals surface area contributed by atoms with E-state index >= 15 is 0 Å². The Morgan fingerprint density at radius 3 is 2.23 bits per heavy atom. The highest BCUT2D eigenvalue weighted by molar-refractivity contribution is 6.32. The van der Waals surface area contributed by atoms with Crippen molar-refractivity contribution >= 4 is 23.2 Å². The molecule has 0 aromatic rings. The number of hydrogen-bond donors (Lipinski definition) is 0. The van der Waals surface area contributed by atoms with Crippen LogP contribution in [0.3, 0.4) is 0 Å². The molecule has 2 unspecified atom stereocenters. The third kappa shape index (κ3) is 5.80. The maximum atomic E-state index is 6.25. The molecule has 0 radical (unpaired) electrons. The van der Waals surface area contributed by atoms with Crippen molar-refractivity contribution in [2.75, 3.05) is 0 Å². The van der Waals surface area contributed by atoms with Gasteiger partial charge in [0.25, 0.3) is 0 Å². The second-order valence-electron chi connectivity index (χ2n) is 3.95. The van der Waals surface area contributed by atoms with Crippen LogP contribution in [0.15, 0.2) is 0 Å². The average Bonchev–Trinajstić information content (AvgIpc) is 2.12. The monoisotopic (exact) mass is 224 g/mol. The van der Waals surface area contributed by atoms with Crippen LogP contribution in [0.4, 0.5) is 0 Å². The summed E-state index contributed by atoms with van der Waals surface area (Å²) in [5, 5.41) is 0.121. The summed E-state index contributed by atoms with van der Waals surface area (Å²) in [5.74, 6) is 0. The lowest BCUT2D eigenvalue weighted by molar-refractivity contribution is 0.512. The normalized spacial score (nSPS) is 18.2. The highest BCUT2D eigenvalue weighted by Crippen LogP contribution is 2.31. The first-order chi connectivity index (χ1) is 6.04. The highest BCUT2D eigenvalue weighted by Gasteiger charge is 2.27. The van der Waals surface area contributed by atoms with E-state index in [4.69, 9.17) is 23.2 Å². The lowest BCUT2D eigenvalue weighted by Crippen LogP contribution is -2.28. The zero-order chi connectivity index (χ0) is 10.3. The molecular weight excluding hydrogens is 203 g/mol. The molecule has 0 aliphatic heterocycles. The Kier molecular flexibility index (Phi) is 7.26. The molecule has 0 N–H and O–H groups in total. The van der Waals surface area contributed by atoms with E-state index in [1.54, 1.807) is 0 Å². The van der Waals surface area contributed by atoms with Gasteiger partial charge in [0.05, 0.1) is 10.3 Å². The summed E-state index contributed by atoms with van der Waals surface area (Å²) in [6.07, 6.45) is 7.08. The van der Waals surface area contributed by atoms with Crippen molar-refractivity contribution in [2.24, 2.45) is 0 Å². The van der Waals surface area contributed by atoms with E-state index < -0.39 is 0 Å². The highest BCUT2D eigenvalue weighted by atomic mass is 35.5. The first kappa shape index (κ1) is 13.6. The Morgan fingerprint density at radius 1 is 1.15 bits per heavy atom. The van der Waals surface area contributed by atoms with Gasteiger partial charge < -0.3 is 0 Å². The van der Waals surface area contributed by atoms with Crippen molar-refractivity contribution in [1.29, 1.82) is 0 Å². The van der Waals surface area contributed by atoms with Crippen LogP contribution < -0.4 is 0 Å². The van der Waals surface area contributed by atoms with E-state index in [0.29, 0.717) is 0 Å². The van der Waals surface area contributed by atoms with Gasteiger partial charge in [0, 0.05) is 0 Å². The topological polar surface area (TPSA) is 0 Å². The zero-order valence-electron chi connectivity index (χ0n) is 9.08. The van der Waals surface area contributed by atoms with Crippen molar-refractivity contribution in [2.45, 2.75) is 69.5 Å². The molecule has 0 aromatic heterocycles. The Balaban J connectivity index is 3.55. The van der Waals surface area contributed by atoms with E-state index in [9.17, 15) is 0 Å². The molecule has 0 saturated heterocycles. The molecule has 0 bridgehead atoms. The van der Waals surface area contributed by atoms with Crippen LogP contribution in [-0.4, -0.2) is 10.3 Å². The molecule has 80 valence electrons. The summed E-state index contributed by atoms with van der Waals surface area (Å²) < 4.78 is 0. The minimum absolute atomic E-state index is 0.121. The van der Waals surface area contributed by atoms with Crippen molar-refractivity contribution in [1.82, 2.24) is 0 Å². The lowest BCUT2D eigenvalue weighted by Gasteiger charge is -2.25. The standard InChI is InChI=1S/C11H22Cl2/c1-4-6-7-8-9-10(12)11(3,13)5-2/h10H,4-9H2,1-3H3. The first-order valence-electron chi connectivity index (χ1n) is 5.37. The molecule has 13 heavy (non-hydrogen) atoms. The minimum atomic E-state index is -0.215. The van der Waals surface area contributed by atoms with Crippen LogP contribution in [0.1, 0.15) is 59.3 Å². The van der Waals surface area contributed by atoms with Gasteiger partial charge in [-0.1, -0.05) is 39.5 Å². The largest absolute Gasteiger partial charge is 0.121 e. The van der Waals surface area contributed by atoms with Crippen molar-refractivity contribution in [3.8, 4) is 0 Å². The van der Waals surface area contributed by atoms with E-state index in [1.165, 1.54) is 25.7 Å². The van der Waals surface area contributed by atoms with Gasteiger partial charge in [0.2, 0.25) is 0 Å². The smallest absolute Gasteiger partial charge is 0.0579 e.